The predicted octanol–water partition coefficient (Wildman–Crippen LogP) is 2.95. The van der Waals surface area contributed by atoms with Gasteiger partial charge in [0.25, 0.3) is 0 Å². The smallest absolute Gasteiger partial charge is 0.0259 e. The van der Waals surface area contributed by atoms with E-state index in [4.69, 9.17) is 5.73 Å². The van der Waals surface area contributed by atoms with Crippen LogP contribution in [0.2, 0.25) is 0 Å². The first-order chi connectivity index (χ1) is 7.36. The van der Waals surface area contributed by atoms with Crippen molar-refractivity contribution in [1.29, 1.82) is 0 Å². The van der Waals surface area contributed by atoms with Gasteiger partial charge < -0.3 is 5.73 Å². The molecule has 0 aliphatic heterocycles. The average molecular weight is 201 g/mol. The zero-order valence-electron chi connectivity index (χ0n) is 9.15. The van der Waals surface area contributed by atoms with Gasteiger partial charge in [-0.1, -0.05) is 30.7 Å². The van der Waals surface area contributed by atoms with Crippen molar-refractivity contribution in [3.8, 4) is 0 Å². The summed E-state index contributed by atoms with van der Waals surface area (Å²) in [5.74, 6) is 1.54. The lowest BCUT2D eigenvalue weighted by Gasteiger charge is -2.40. The van der Waals surface area contributed by atoms with Gasteiger partial charge in [-0.15, -0.1) is 0 Å². The summed E-state index contributed by atoms with van der Waals surface area (Å²) in [6, 6.07) is 0.340. The number of rotatable bonds is 0. The Hall–Kier alpha value is -0.820. The van der Waals surface area contributed by atoms with Crippen molar-refractivity contribution in [3.63, 3.8) is 0 Å². The van der Waals surface area contributed by atoms with E-state index in [0.29, 0.717) is 6.04 Å². The Labute approximate surface area is 91.7 Å². The Morgan fingerprint density at radius 1 is 1.07 bits per heavy atom. The van der Waals surface area contributed by atoms with Crippen molar-refractivity contribution in [2.45, 2.75) is 38.1 Å². The molecule has 3 aliphatic carbocycles. The number of nitrogens with two attached hydrogens (primary N) is 1. The highest BCUT2D eigenvalue weighted by molar-refractivity contribution is 5.39. The molecule has 0 heterocycles. The largest absolute Gasteiger partial charge is 0.324 e. The third-order valence-corrected chi connectivity index (χ3v) is 4.22. The minimum Gasteiger partial charge on any atom is -0.324 e. The van der Waals surface area contributed by atoms with Crippen molar-refractivity contribution >= 4 is 0 Å². The maximum atomic E-state index is 6.20. The summed E-state index contributed by atoms with van der Waals surface area (Å²) in [6.45, 7) is 0. The van der Waals surface area contributed by atoms with Crippen LogP contribution in [0.25, 0.3) is 0 Å². The van der Waals surface area contributed by atoms with E-state index in [1.165, 1.54) is 37.7 Å². The molecule has 2 N–H and O–H groups in total. The van der Waals surface area contributed by atoms with Gasteiger partial charge in [0.2, 0.25) is 0 Å². The van der Waals surface area contributed by atoms with Gasteiger partial charge in [-0.05, 0) is 48.7 Å². The van der Waals surface area contributed by atoms with Gasteiger partial charge in [-0.2, -0.15) is 0 Å². The summed E-state index contributed by atoms with van der Waals surface area (Å²) in [5, 5.41) is 0. The van der Waals surface area contributed by atoms with Crippen LogP contribution in [0.4, 0.5) is 0 Å². The lowest BCUT2D eigenvalue weighted by Crippen LogP contribution is -2.36. The first kappa shape index (κ1) is 9.41. The summed E-state index contributed by atoms with van der Waals surface area (Å²) in [7, 11) is 0. The topological polar surface area (TPSA) is 26.0 Å². The zero-order valence-corrected chi connectivity index (χ0v) is 9.15. The summed E-state index contributed by atoms with van der Waals surface area (Å²) >= 11 is 0. The van der Waals surface area contributed by atoms with Crippen molar-refractivity contribution < 1.29 is 0 Å². The molecule has 3 atom stereocenters. The summed E-state index contributed by atoms with van der Waals surface area (Å²) < 4.78 is 0. The third-order valence-electron chi connectivity index (χ3n) is 4.22. The standard InChI is InChI=1S/C14H19N/c15-14-7-3-6-12-11-5-2-1-4-10(11)8-9-13(12)14/h1,4,8-9,11-12,14H,2-3,5-7,15H2. The second-order valence-corrected chi connectivity index (χ2v) is 5.06. The molecule has 1 nitrogen and oxygen atoms in total. The Bertz CT molecular complexity index is 348. The molecule has 0 spiro atoms. The molecule has 0 bridgehead atoms. The van der Waals surface area contributed by atoms with Crippen LogP contribution in [0.15, 0.2) is 35.5 Å². The summed E-state index contributed by atoms with van der Waals surface area (Å²) in [6.07, 6.45) is 15.7. The molecule has 3 rings (SSSR count). The summed E-state index contributed by atoms with van der Waals surface area (Å²) in [5.41, 5.74) is 9.27. The van der Waals surface area contributed by atoms with Gasteiger partial charge in [0.05, 0.1) is 0 Å². The molecule has 0 aromatic heterocycles. The van der Waals surface area contributed by atoms with Crippen LogP contribution in [0.5, 0.6) is 0 Å². The Balaban J connectivity index is 1.97. The van der Waals surface area contributed by atoms with E-state index in [2.05, 4.69) is 24.3 Å². The van der Waals surface area contributed by atoms with E-state index in [-0.39, 0.29) is 0 Å². The normalized spacial score (nSPS) is 38.9. The van der Waals surface area contributed by atoms with Crippen LogP contribution in [0.1, 0.15) is 32.1 Å². The number of allylic oxidation sites excluding steroid dienone is 5. The number of hydrogen-bond donors (Lipinski definition) is 1. The van der Waals surface area contributed by atoms with Crippen LogP contribution in [0, 0.1) is 11.8 Å². The molecular weight excluding hydrogens is 182 g/mol. The molecule has 1 saturated carbocycles. The molecule has 1 fully saturated rings. The summed E-state index contributed by atoms with van der Waals surface area (Å²) in [4.78, 5) is 0. The quantitative estimate of drug-likeness (QED) is 0.640. The molecular formula is C14H19N. The molecule has 1 heteroatoms. The average Bonchev–Trinajstić information content (AvgIpc) is 2.29. The fourth-order valence-corrected chi connectivity index (χ4v) is 3.44. The monoisotopic (exact) mass is 201 g/mol. The van der Waals surface area contributed by atoms with E-state index >= 15 is 0 Å². The molecule has 3 unspecified atom stereocenters. The Morgan fingerprint density at radius 3 is 2.93 bits per heavy atom. The van der Waals surface area contributed by atoms with Crippen LogP contribution in [-0.4, -0.2) is 6.04 Å². The fraction of sp³-hybridized carbons (Fsp3) is 0.571. The minimum atomic E-state index is 0.340. The molecule has 0 saturated heterocycles. The molecule has 0 aromatic rings. The SMILES string of the molecule is NC1CCCC2C1=CC=C1C=CCCC12. The minimum absolute atomic E-state index is 0.340. The lowest BCUT2D eigenvalue weighted by atomic mass is 9.66. The second kappa shape index (κ2) is 3.64. The first-order valence-electron chi connectivity index (χ1n) is 6.20. The van der Waals surface area contributed by atoms with Crippen molar-refractivity contribution in [2.75, 3.05) is 0 Å². The van der Waals surface area contributed by atoms with Crippen LogP contribution < -0.4 is 5.73 Å². The van der Waals surface area contributed by atoms with Crippen LogP contribution >= 0.6 is 0 Å². The Morgan fingerprint density at radius 2 is 2.00 bits per heavy atom. The number of fused-ring (bicyclic) bond motifs is 3. The van der Waals surface area contributed by atoms with Gasteiger partial charge in [-0.3, -0.25) is 0 Å². The fourth-order valence-electron chi connectivity index (χ4n) is 3.44. The highest BCUT2D eigenvalue weighted by atomic mass is 14.7. The van der Waals surface area contributed by atoms with E-state index in [1.54, 1.807) is 5.57 Å². The predicted molar refractivity (Wildman–Crippen MR) is 63.3 cm³/mol. The molecule has 0 aromatic carbocycles. The second-order valence-electron chi connectivity index (χ2n) is 5.06. The molecule has 0 radical (unpaired) electrons. The molecule has 3 aliphatic rings. The van der Waals surface area contributed by atoms with Crippen molar-refractivity contribution in [3.05, 3.63) is 35.5 Å². The third kappa shape index (κ3) is 1.50. The number of hydrogen-bond acceptors (Lipinski definition) is 1. The van der Waals surface area contributed by atoms with Gasteiger partial charge in [0.15, 0.2) is 0 Å². The highest BCUT2D eigenvalue weighted by Gasteiger charge is 2.34. The van der Waals surface area contributed by atoms with Crippen molar-refractivity contribution in [1.82, 2.24) is 0 Å². The van der Waals surface area contributed by atoms with Gasteiger partial charge in [0, 0.05) is 6.04 Å². The van der Waals surface area contributed by atoms with E-state index in [1.807, 2.05) is 0 Å². The van der Waals surface area contributed by atoms with E-state index < -0.39 is 0 Å². The van der Waals surface area contributed by atoms with Crippen molar-refractivity contribution in [2.24, 2.45) is 17.6 Å². The van der Waals surface area contributed by atoms with Gasteiger partial charge >= 0.3 is 0 Å². The maximum Gasteiger partial charge on any atom is 0.0259 e. The molecule has 0 amide bonds. The zero-order chi connectivity index (χ0) is 10.3. The highest BCUT2D eigenvalue weighted by Crippen LogP contribution is 2.44. The lowest BCUT2D eigenvalue weighted by molar-refractivity contribution is 0.316. The molecule has 15 heavy (non-hydrogen) atoms. The maximum absolute atomic E-state index is 6.20. The first-order valence-corrected chi connectivity index (χ1v) is 6.20. The van der Waals surface area contributed by atoms with E-state index in [9.17, 15) is 0 Å². The van der Waals surface area contributed by atoms with Gasteiger partial charge in [-0.25, -0.2) is 0 Å². The van der Waals surface area contributed by atoms with Crippen LogP contribution in [0.3, 0.4) is 0 Å². The Kier molecular flexibility index (Phi) is 2.28. The van der Waals surface area contributed by atoms with Gasteiger partial charge in [0.1, 0.15) is 0 Å². The van der Waals surface area contributed by atoms with Crippen LogP contribution in [-0.2, 0) is 0 Å². The van der Waals surface area contributed by atoms with E-state index in [0.717, 1.165) is 11.8 Å². The molecule has 80 valence electrons.